The molecule has 3 aromatic rings. The predicted molar refractivity (Wildman–Crippen MR) is 170 cm³/mol. The molecule has 0 aromatic heterocycles. The Balaban J connectivity index is 2.04. The number of methoxy groups -OCH3 is 4. The fourth-order valence-corrected chi connectivity index (χ4v) is 4.18. The standard InChI is InChI=1S/C34H41NO11/c1-10-43-30-26(39-6)15-21(16-27(30)40-7)32(37)45-24-13-12-20(23(36)19-35-34(3,4)5)14-25(24)46-33(38)22-17-28(41-8)31(44-11-2)29(18-22)42-9/h12-18,35H,10-11,19H2,1-9H3. The minimum absolute atomic E-state index is 0.0229. The number of ether oxygens (including phenoxy) is 8. The summed E-state index contributed by atoms with van der Waals surface area (Å²) in [6, 6.07) is 9.95. The summed E-state index contributed by atoms with van der Waals surface area (Å²) >= 11 is 0. The van der Waals surface area contributed by atoms with Gasteiger partial charge in [0, 0.05) is 11.1 Å². The second-order valence-corrected chi connectivity index (χ2v) is 10.8. The zero-order chi connectivity index (χ0) is 34.0. The Labute approximate surface area is 268 Å². The van der Waals surface area contributed by atoms with Crippen molar-refractivity contribution in [2.45, 2.75) is 40.2 Å². The third-order valence-electron chi connectivity index (χ3n) is 6.42. The van der Waals surface area contributed by atoms with Crippen molar-refractivity contribution in [3.05, 3.63) is 59.2 Å². The Morgan fingerprint density at radius 3 is 1.35 bits per heavy atom. The van der Waals surface area contributed by atoms with Gasteiger partial charge in [-0.15, -0.1) is 0 Å². The van der Waals surface area contributed by atoms with E-state index in [1.807, 2.05) is 20.8 Å². The lowest BCUT2D eigenvalue weighted by Crippen LogP contribution is -2.39. The summed E-state index contributed by atoms with van der Waals surface area (Å²) in [6.45, 7) is 10.1. The van der Waals surface area contributed by atoms with Crippen molar-refractivity contribution in [2.75, 3.05) is 48.2 Å². The molecule has 0 spiro atoms. The number of esters is 2. The fraction of sp³-hybridized carbons (Fsp3) is 0.382. The summed E-state index contributed by atoms with van der Waals surface area (Å²) < 4.78 is 44.3. The van der Waals surface area contributed by atoms with Gasteiger partial charge in [0.2, 0.25) is 11.5 Å². The highest BCUT2D eigenvalue weighted by Gasteiger charge is 2.24. The Morgan fingerprint density at radius 2 is 0.978 bits per heavy atom. The monoisotopic (exact) mass is 639 g/mol. The first-order valence-electron chi connectivity index (χ1n) is 14.5. The van der Waals surface area contributed by atoms with E-state index in [0.29, 0.717) is 24.7 Å². The number of hydrogen-bond donors (Lipinski definition) is 1. The quantitative estimate of drug-likeness (QED) is 0.127. The van der Waals surface area contributed by atoms with Crippen LogP contribution in [0.25, 0.3) is 0 Å². The van der Waals surface area contributed by atoms with E-state index in [0.717, 1.165) is 0 Å². The highest BCUT2D eigenvalue weighted by atomic mass is 16.6. The van der Waals surface area contributed by atoms with Gasteiger partial charge in [-0.05, 0) is 77.1 Å². The van der Waals surface area contributed by atoms with Crippen molar-refractivity contribution in [3.63, 3.8) is 0 Å². The van der Waals surface area contributed by atoms with Crippen LogP contribution < -0.4 is 43.2 Å². The zero-order valence-electron chi connectivity index (χ0n) is 27.7. The van der Waals surface area contributed by atoms with Gasteiger partial charge in [-0.25, -0.2) is 9.59 Å². The van der Waals surface area contributed by atoms with E-state index in [4.69, 9.17) is 37.9 Å². The normalized spacial score (nSPS) is 10.9. The lowest BCUT2D eigenvalue weighted by Gasteiger charge is -2.20. The first kappa shape index (κ1) is 35.5. The second-order valence-electron chi connectivity index (χ2n) is 10.8. The van der Waals surface area contributed by atoms with Crippen LogP contribution in [0.1, 0.15) is 65.7 Å². The highest BCUT2D eigenvalue weighted by molar-refractivity contribution is 5.99. The smallest absolute Gasteiger partial charge is 0.343 e. The number of ketones is 1. The van der Waals surface area contributed by atoms with Gasteiger partial charge in [0.25, 0.3) is 0 Å². The van der Waals surface area contributed by atoms with E-state index in [2.05, 4.69) is 5.32 Å². The van der Waals surface area contributed by atoms with E-state index >= 15 is 0 Å². The summed E-state index contributed by atoms with van der Waals surface area (Å²) in [6.07, 6.45) is 0. The molecule has 0 atom stereocenters. The fourth-order valence-electron chi connectivity index (χ4n) is 4.18. The van der Waals surface area contributed by atoms with Gasteiger partial charge in [0.05, 0.1) is 59.3 Å². The van der Waals surface area contributed by atoms with Crippen LogP contribution in [0.5, 0.6) is 46.0 Å². The van der Waals surface area contributed by atoms with Gasteiger partial charge in [0.15, 0.2) is 40.3 Å². The molecule has 0 saturated carbocycles. The van der Waals surface area contributed by atoms with Crippen molar-refractivity contribution in [1.29, 1.82) is 0 Å². The van der Waals surface area contributed by atoms with Crippen LogP contribution in [0.15, 0.2) is 42.5 Å². The SMILES string of the molecule is CCOc1c(OC)cc(C(=O)Oc2ccc(C(=O)CNC(C)(C)C)cc2OC(=O)c2cc(OC)c(OCC)c(OC)c2)cc1OC. The van der Waals surface area contributed by atoms with Crippen molar-refractivity contribution < 1.29 is 52.3 Å². The number of rotatable bonds is 15. The van der Waals surface area contributed by atoms with Crippen LogP contribution in [-0.2, 0) is 0 Å². The van der Waals surface area contributed by atoms with Crippen molar-refractivity contribution in [1.82, 2.24) is 5.32 Å². The molecule has 0 fully saturated rings. The van der Waals surface area contributed by atoms with Gasteiger partial charge in [-0.1, -0.05) is 0 Å². The van der Waals surface area contributed by atoms with Crippen molar-refractivity contribution in [2.24, 2.45) is 0 Å². The van der Waals surface area contributed by atoms with E-state index in [-0.39, 0.29) is 69.1 Å². The second kappa shape index (κ2) is 15.8. The number of nitrogens with one attached hydrogen (secondary N) is 1. The van der Waals surface area contributed by atoms with Crippen molar-refractivity contribution >= 4 is 17.7 Å². The molecular formula is C34H41NO11. The molecule has 12 heteroatoms. The van der Waals surface area contributed by atoms with E-state index in [9.17, 15) is 14.4 Å². The molecule has 0 aliphatic carbocycles. The third-order valence-corrected chi connectivity index (χ3v) is 6.42. The first-order valence-corrected chi connectivity index (χ1v) is 14.5. The number of carbonyl (C=O) groups is 3. The average Bonchev–Trinajstić information content (AvgIpc) is 3.04. The molecule has 3 rings (SSSR count). The molecule has 248 valence electrons. The van der Waals surface area contributed by atoms with Gasteiger partial charge >= 0.3 is 11.9 Å². The minimum atomic E-state index is -0.834. The molecule has 0 aliphatic heterocycles. The maximum absolute atomic E-state index is 13.5. The first-order chi connectivity index (χ1) is 21.9. The maximum atomic E-state index is 13.5. The predicted octanol–water partition coefficient (Wildman–Crippen LogP) is 5.53. The molecule has 0 amide bonds. The van der Waals surface area contributed by atoms with E-state index in [1.54, 1.807) is 13.8 Å². The summed E-state index contributed by atoms with van der Waals surface area (Å²) in [5, 5.41) is 3.13. The van der Waals surface area contributed by atoms with Gasteiger partial charge < -0.3 is 43.2 Å². The molecule has 12 nitrogen and oxygen atoms in total. The molecule has 0 saturated heterocycles. The lowest BCUT2D eigenvalue weighted by molar-refractivity contribution is 0.0681. The lowest BCUT2D eigenvalue weighted by atomic mass is 10.1. The highest BCUT2D eigenvalue weighted by Crippen LogP contribution is 2.41. The molecule has 46 heavy (non-hydrogen) atoms. The molecule has 0 radical (unpaired) electrons. The van der Waals surface area contributed by atoms with Crippen LogP contribution in [0.2, 0.25) is 0 Å². The molecular weight excluding hydrogens is 598 g/mol. The van der Waals surface area contributed by atoms with Crippen LogP contribution in [0.3, 0.4) is 0 Å². The van der Waals surface area contributed by atoms with Crippen molar-refractivity contribution in [3.8, 4) is 46.0 Å². The summed E-state index contributed by atoms with van der Waals surface area (Å²) in [7, 11) is 5.71. The number of carbonyl (C=O) groups excluding carboxylic acids is 3. The minimum Gasteiger partial charge on any atom is -0.493 e. The van der Waals surface area contributed by atoms with Crippen LogP contribution in [-0.4, -0.2) is 71.5 Å². The Morgan fingerprint density at radius 1 is 0.587 bits per heavy atom. The van der Waals surface area contributed by atoms with E-state index in [1.165, 1.54) is 70.9 Å². The molecule has 0 aliphatic rings. The Bertz CT molecular complexity index is 1510. The van der Waals surface area contributed by atoms with E-state index < -0.39 is 11.9 Å². The Hall–Kier alpha value is -4.97. The van der Waals surface area contributed by atoms with Crippen LogP contribution in [0, 0.1) is 0 Å². The van der Waals surface area contributed by atoms with Gasteiger partial charge in [0.1, 0.15) is 0 Å². The molecule has 0 heterocycles. The molecule has 0 bridgehead atoms. The molecule has 3 aromatic carbocycles. The molecule has 1 N–H and O–H groups in total. The van der Waals surface area contributed by atoms with Crippen LogP contribution >= 0.6 is 0 Å². The summed E-state index contributed by atoms with van der Waals surface area (Å²) in [5.41, 5.74) is 0.0450. The number of Topliss-reactive ketones (excluding diaryl/α,β-unsaturated/α-hetero) is 1. The zero-order valence-corrected chi connectivity index (χ0v) is 27.7. The Kier molecular flexibility index (Phi) is 12.2. The average molecular weight is 640 g/mol. The largest absolute Gasteiger partial charge is 0.493 e. The summed E-state index contributed by atoms with van der Waals surface area (Å²) in [4.78, 5) is 39.9. The topological polar surface area (TPSA) is 137 Å². The maximum Gasteiger partial charge on any atom is 0.343 e. The van der Waals surface area contributed by atoms with Gasteiger partial charge in [-0.3, -0.25) is 4.79 Å². The third kappa shape index (κ3) is 8.81. The number of benzene rings is 3. The molecule has 0 unspecified atom stereocenters. The van der Waals surface area contributed by atoms with Gasteiger partial charge in [-0.2, -0.15) is 0 Å². The summed E-state index contributed by atoms with van der Waals surface area (Å²) in [5.74, 6) is -0.553. The van der Waals surface area contributed by atoms with Crippen LogP contribution in [0.4, 0.5) is 0 Å². The number of hydrogen-bond acceptors (Lipinski definition) is 12.